The summed E-state index contributed by atoms with van der Waals surface area (Å²) in [6, 6.07) is 8.74. The van der Waals surface area contributed by atoms with Crippen LogP contribution < -0.4 is 4.90 Å². The van der Waals surface area contributed by atoms with Gasteiger partial charge in [0.15, 0.2) is 5.82 Å². The van der Waals surface area contributed by atoms with Crippen molar-refractivity contribution in [2.75, 3.05) is 11.4 Å². The van der Waals surface area contributed by atoms with Gasteiger partial charge in [-0.05, 0) is 54.2 Å². The van der Waals surface area contributed by atoms with Crippen LogP contribution in [0, 0.1) is 0 Å². The first-order valence-corrected chi connectivity index (χ1v) is 9.98. The highest BCUT2D eigenvalue weighted by atomic mass is 16.2. The zero-order valence-electron chi connectivity index (χ0n) is 15.3. The van der Waals surface area contributed by atoms with Crippen molar-refractivity contribution >= 4 is 11.6 Å². The van der Waals surface area contributed by atoms with Crippen molar-refractivity contribution in [3.05, 3.63) is 35.7 Å². The number of tetrazole rings is 1. The van der Waals surface area contributed by atoms with Crippen LogP contribution in [0.25, 0.3) is 0 Å². The largest absolute Gasteiger partial charge is 0.312 e. The van der Waals surface area contributed by atoms with E-state index in [9.17, 15) is 4.79 Å². The van der Waals surface area contributed by atoms with Gasteiger partial charge in [0, 0.05) is 25.1 Å². The van der Waals surface area contributed by atoms with Gasteiger partial charge in [-0.2, -0.15) is 0 Å². The number of anilines is 1. The molecule has 0 spiro atoms. The van der Waals surface area contributed by atoms with Crippen LogP contribution in [0.3, 0.4) is 0 Å². The number of amides is 1. The Hall–Kier alpha value is -2.24. The molecular weight excluding hydrogens is 326 g/mol. The fraction of sp³-hybridized carbons (Fsp3) is 0.600. The minimum absolute atomic E-state index is 0.246. The van der Waals surface area contributed by atoms with Gasteiger partial charge in [0.05, 0.1) is 6.04 Å². The van der Waals surface area contributed by atoms with Crippen molar-refractivity contribution < 1.29 is 4.79 Å². The van der Waals surface area contributed by atoms with Gasteiger partial charge >= 0.3 is 0 Å². The maximum absolute atomic E-state index is 12.3. The number of fused-ring (bicyclic) bond motifs is 1. The maximum Gasteiger partial charge on any atom is 0.227 e. The molecule has 0 unspecified atom stereocenters. The van der Waals surface area contributed by atoms with Crippen LogP contribution in [0.4, 0.5) is 5.69 Å². The van der Waals surface area contributed by atoms with Crippen LogP contribution in [-0.4, -0.2) is 32.7 Å². The Morgan fingerprint density at radius 1 is 1.04 bits per heavy atom. The molecule has 0 saturated heterocycles. The molecule has 1 amide bonds. The van der Waals surface area contributed by atoms with E-state index in [0.717, 1.165) is 43.7 Å². The van der Waals surface area contributed by atoms with Crippen LogP contribution in [0.1, 0.15) is 68.8 Å². The molecule has 1 aromatic heterocycles. The van der Waals surface area contributed by atoms with Crippen molar-refractivity contribution in [3.8, 4) is 0 Å². The van der Waals surface area contributed by atoms with Gasteiger partial charge in [0.2, 0.25) is 5.91 Å². The average Bonchev–Trinajstić information content (AvgIpc) is 3.16. The van der Waals surface area contributed by atoms with Crippen molar-refractivity contribution in [1.29, 1.82) is 0 Å². The molecule has 1 aliphatic heterocycles. The number of carbonyl (C=O) groups excluding carboxylic acids is 1. The summed E-state index contributed by atoms with van der Waals surface area (Å²) < 4.78 is 2.06. The molecule has 0 radical (unpaired) electrons. The molecule has 1 fully saturated rings. The quantitative estimate of drug-likeness (QED) is 0.746. The third kappa shape index (κ3) is 3.64. The first-order valence-electron chi connectivity index (χ1n) is 9.98. The lowest BCUT2D eigenvalue weighted by molar-refractivity contribution is -0.118. The zero-order valence-corrected chi connectivity index (χ0v) is 15.3. The molecule has 26 heavy (non-hydrogen) atoms. The molecule has 2 aromatic rings. The van der Waals surface area contributed by atoms with E-state index in [1.807, 2.05) is 11.0 Å². The molecular formula is C20H27N5O. The van der Waals surface area contributed by atoms with Gasteiger partial charge < -0.3 is 4.90 Å². The lowest BCUT2D eigenvalue weighted by Crippen LogP contribution is -2.35. The fourth-order valence-corrected chi connectivity index (χ4v) is 4.28. The molecule has 1 aromatic carbocycles. The third-order valence-corrected chi connectivity index (χ3v) is 5.71. The van der Waals surface area contributed by atoms with E-state index in [-0.39, 0.29) is 5.91 Å². The number of para-hydroxylation sites is 1. The van der Waals surface area contributed by atoms with Crippen molar-refractivity contribution in [3.63, 3.8) is 0 Å². The summed E-state index contributed by atoms with van der Waals surface area (Å²) >= 11 is 0. The molecule has 2 heterocycles. The van der Waals surface area contributed by atoms with Gasteiger partial charge in [0.1, 0.15) is 0 Å². The van der Waals surface area contributed by atoms with Crippen molar-refractivity contribution in [1.82, 2.24) is 20.2 Å². The molecule has 6 nitrogen and oxygen atoms in total. The number of carbonyl (C=O) groups is 1. The number of hydrogen-bond donors (Lipinski definition) is 0. The third-order valence-electron chi connectivity index (χ3n) is 5.71. The second-order valence-corrected chi connectivity index (χ2v) is 7.46. The summed E-state index contributed by atoms with van der Waals surface area (Å²) in [5, 5.41) is 12.4. The molecule has 0 bridgehead atoms. The topological polar surface area (TPSA) is 63.9 Å². The monoisotopic (exact) mass is 353 g/mol. The number of benzene rings is 1. The van der Waals surface area contributed by atoms with Crippen molar-refractivity contribution in [2.24, 2.45) is 0 Å². The van der Waals surface area contributed by atoms with E-state index >= 15 is 0 Å². The molecule has 138 valence electrons. The summed E-state index contributed by atoms with van der Waals surface area (Å²) in [6.07, 6.45) is 10.6. The number of unbranched alkanes of at least 4 members (excludes halogenated alkanes) is 1. The smallest absolute Gasteiger partial charge is 0.227 e. The van der Waals surface area contributed by atoms with Crippen LogP contribution >= 0.6 is 0 Å². The van der Waals surface area contributed by atoms with Gasteiger partial charge in [0.25, 0.3) is 0 Å². The molecule has 1 saturated carbocycles. The summed E-state index contributed by atoms with van der Waals surface area (Å²) in [7, 11) is 0. The van der Waals surface area contributed by atoms with E-state index < -0.39 is 0 Å². The summed E-state index contributed by atoms with van der Waals surface area (Å²) in [5.74, 6) is 1.25. The lowest BCUT2D eigenvalue weighted by atomic mass is 9.95. The standard InChI is InChI=1S/C20H27N5O/c26-20-14-13-16-8-4-5-11-18(16)24(20)15-7-6-12-19-21-22-23-25(19)17-9-2-1-3-10-17/h4-5,8,11,17H,1-3,6-7,9-10,12-15H2. The second kappa shape index (κ2) is 7.98. The lowest BCUT2D eigenvalue weighted by Gasteiger charge is -2.29. The molecule has 1 aliphatic carbocycles. The van der Waals surface area contributed by atoms with Crippen LogP contribution in [0.2, 0.25) is 0 Å². The Bertz CT molecular complexity index is 750. The van der Waals surface area contributed by atoms with E-state index in [1.54, 1.807) is 0 Å². The molecule has 0 N–H and O–H groups in total. The highest BCUT2D eigenvalue weighted by Gasteiger charge is 2.23. The number of aryl methyl sites for hydroxylation is 2. The van der Waals surface area contributed by atoms with Crippen molar-refractivity contribution in [2.45, 2.75) is 70.3 Å². The van der Waals surface area contributed by atoms with E-state index in [0.29, 0.717) is 12.5 Å². The highest BCUT2D eigenvalue weighted by molar-refractivity contribution is 5.96. The average molecular weight is 353 g/mol. The SMILES string of the molecule is O=C1CCc2ccccc2N1CCCCc1nnnn1C1CCCCC1. The molecule has 6 heteroatoms. The fourth-order valence-electron chi connectivity index (χ4n) is 4.28. The Balaban J connectivity index is 1.32. The predicted octanol–water partition coefficient (Wildman–Crippen LogP) is 3.48. The van der Waals surface area contributed by atoms with Crippen LogP contribution in [0.5, 0.6) is 0 Å². The van der Waals surface area contributed by atoms with Gasteiger partial charge in [-0.15, -0.1) is 5.10 Å². The maximum atomic E-state index is 12.3. The minimum Gasteiger partial charge on any atom is -0.312 e. The number of nitrogens with zero attached hydrogens (tertiary/aromatic N) is 5. The Morgan fingerprint density at radius 3 is 2.77 bits per heavy atom. The highest BCUT2D eigenvalue weighted by Crippen LogP contribution is 2.29. The Labute approximate surface area is 154 Å². The minimum atomic E-state index is 0.246. The summed E-state index contributed by atoms with van der Waals surface area (Å²) in [5.41, 5.74) is 2.38. The number of rotatable bonds is 6. The second-order valence-electron chi connectivity index (χ2n) is 7.46. The molecule has 4 rings (SSSR count). The number of hydrogen-bond acceptors (Lipinski definition) is 4. The van der Waals surface area contributed by atoms with E-state index in [4.69, 9.17) is 0 Å². The molecule has 0 atom stereocenters. The molecule has 2 aliphatic rings. The zero-order chi connectivity index (χ0) is 17.8. The summed E-state index contributed by atoms with van der Waals surface area (Å²) in [4.78, 5) is 14.3. The van der Waals surface area contributed by atoms with Gasteiger partial charge in [-0.1, -0.05) is 37.5 Å². The first-order chi connectivity index (χ1) is 12.8. The van der Waals surface area contributed by atoms with Gasteiger partial charge in [-0.3, -0.25) is 4.79 Å². The Morgan fingerprint density at radius 2 is 1.88 bits per heavy atom. The van der Waals surface area contributed by atoms with E-state index in [1.165, 1.54) is 37.7 Å². The Kier molecular flexibility index (Phi) is 5.27. The van der Waals surface area contributed by atoms with E-state index in [2.05, 4.69) is 38.4 Å². The first kappa shape index (κ1) is 17.2. The van der Waals surface area contributed by atoms with Gasteiger partial charge in [-0.25, -0.2) is 4.68 Å². The van der Waals surface area contributed by atoms with Crippen LogP contribution in [0.15, 0.2) is 24.3 Å². The number of aromatic nitrogens is 4. The summed E-state index contributed by atoms with van der Waals surface area (Å²) in [6.45, 7) is 0.779. The normalized spacial score (nSPS) is 18.2. The van der Waals surface area contributed by atoms with Crippen LogP contribution in [-0.2, 0) is 17.6 Å². The predicted molar refractivity (Wildman–Crippen MR) is 100.0 cm³/mol.